The van der Waals surface area contributed by atoms with Gasteiger partial charge in [0, 0.05) is 5.33 Å². The quantitative estimate of drug-likeness (QED) is 0.345. The average molecular weight is 311 g/mol. The lowest BCUT2D eigenvalue weighted by Crippen LogP contribution is -2.39. The molecule has 0 heterocycles. The van der Waals surface area contributed by atoms with Gasteiger partial charge in [-0.25, -0.2) is 4.79 Å². The molecule has 0 aromatic carbocycles. The number of carbonyl (C=O) groups excluding carboxylic acids is 1. The highest BCUT2D eigenvalue weighted by molar-refractivity contribution is 9.09. The summed E-state index contributed by atoms with van der Waals surface area (Å²) in [6, 6.07) is 0. The van der Waals surface area contributed by atoms with Gasteiger partial charge in [-0.05, 0) is 12.8 Å². The molecule has 5 nitrogen and oxygen atoms in total. The molecule has 0 aliphatic rings. The zero-order valence-electron chi connectivity index (χ0n) is 7.45. The van der Waals surface area contributed by atoms with Crippen molar-refractivity contribution in [2.45, 2.75) is 18.1 Å². The van der Waals surface area contributed by atoms with Gasteiger partial charge in [0.2, 0.25) is 0 Å². The molecule has 0 rings (SSSR count). The van der Waals surface area contributed by atoms with Crippen LogP contribution in [0.3, 0.4) is 0 Å². The van der Waals surface area contributed by atoms with Gasteiger partial charge in [-0.1, -0.05) is 15.9 Å². The maximum atomic E-state index is 12.5. The number of rotatable bonds is 6. The molecule has 0 radical (unpaired) electrons. The standard InChI is InChI=1S/C6H9BrF2O5S/c7-3-1-2-4-14-5(10)6(8,9)15(11,12)13/h1-4H2,(H,11,12,13). The summed E-state index contributed by atoms with van der Waals surface area (Å²) in [6.45, 7) is -0.324. The maximum Gasteiger partial charge on any atom is 0.465 e. The van der Waals surface area contributed by atoms with Crippen molar-refractivity contribution < 1.29 is 31.3 Å². The van der Waals surface area contributed by atoms with Crippen molar-refractivity contribution in [3.05, 3.63) is 0 Å². The summed E-state index contributed by atoms with van der Waals surface area (Å²) in [5.74, 6) is -2.26. The number of esters is 1. The zero-order valence-corrected chi connectivity index (χ0v) is 9.85. The highest BCUT2D eigenvalue weighted by atomic mass is 79.9. The minimum absolute atomic E-state index is 0.318. The van der Waals surface area contributed by atoms with E-state index in [1.165, 1.54) is 0 Å². The summed E-state index contributed by atoms with van der Waals surface area (Å²) in [7, 11) is -5.76. The van der Waals surface area contributed by atoms with E-state index >= 15 is 0 Å². The van der Waals surface area contributed by atoms with Gasteiger partial charge in [-0.15, -0.1) is 0 Å². The Morgan fingerprint density at radius 2 is 1.93 bits per heavy atom. The van der Waals surface area contributed by atoms with Gasteiger partial charge >= 0.3 is 21.3 Å². The molecule has 0 spiro atoms. The number of unbranched alkanes of at least 4 members (excludes halogenated alkanes) is 1. The molecule has 0 aromatic heterocycles. The molecule has 0 unspecified atom stereocenters. The Hall–Kier alpha value is -0.280. The van der Waals surface area contributed by atoms with Crippen LogP contribution in [0.15, 0.2) is 0 Å². The second-order valence-electron chi connectivity index (χ2n) is 2.52. The predicted octanol–water partition coefficient (Wildman–Crippen LogP) is 1.19. The third-order valence-corrected chi connectivity index (χ3v) is 2.70. The van der Waals surface area contributed by atoms with Crippen molar-refractivity contribution in [3.8, 4) is 0 Å². The predicted molar refractivity (Wildman–Crippen MR) is 50.5 cm³/mol. The van der Waals surface area contributed by atoms with Gasteiger partial charge in [0.15, 0.2) is 0 Å². The average Bonchev–Trinajstić information content (AvgIpc) is 2.10. The van der Waals surface area contributed by atoms with Crippen LogP contribution < -0.4 is 0 Å². The second-order valence-corrected chi connectivity index (χ2v) is 4.78. The molecular weight excluding hydrogens is 302 g/mol. The van der Waals surface area contributed by atoms with Crippen molar-refractivity contribution in [1.82, 2.24) is 0 Å². The fraction of sp³-hybridized carbons (Fsp3) is 0.833. The van der Waals surface area contributed by atoms with Gasteiger partial charge in [-0.3, -0.25) is 4.55 Å². The largest absolute Gasteiger partial charge is 0.465 e. The Kier molecular flexibility index (Phi) is 5.60. The van der Waals surface area contributed by atoms with Crippen molar-refractivity contribution in [2.24, 2.45) is 0 Å². The smallest absolute Gasteiger partial charge is 0.460 e. The molecule has 0 aliphatic carbocycles. The number of alkyl halides is 3. The highest BCUT2D eigenvalue weighted by Crippen LogP contribution is 2.22. The molecule has 0 bridgehead atoms. The van der Waals surface area contributed by atoms with Crippen molar-refractivity contribution in [1.29, 1.82) is 0 Å². The molecule has 0 atom stereocenters. The minimum Gasteiger partial charge on any atom is -0.460 e. The van der Waals surface area contributed by atoms with Gasteiger partial charge in [0.05, 0.1) is 6.61 Å². The van der Waals surface area contributed by atoms with Gasteiger partial charge in [-0.2, -0.15) is 17.2 Å². The van der Waals surface area contributed by atoms with Crippen molar-refractivity contribution >= 4 is 32.0 Å². The Balaban J connectivity index is 4.22. The van der Waals surface area contributed by atoms with Gasteiger partial charge in [0.25, 0.3) is 0 Å². The fourth-order valence-corrected chi connectivity index (χ4v) is 1.22. The van der Waals surface area contributed by atoms with E-state index in [-0.39, 0.29) is 6.61 Å². The molecule has 9 heteroatoms. The summed E-state index contributed by atoms with van der Waals surface area (Å²) >= 11 is 3.06. The van der Waals surface area contributed by atoms with Crippen LogP contribution in [0, 0.1) is 0 Å². The number of hydrogen-bond acceptors (Lipinski definition) is 4. The van der Waals surface area contributed by atoms with Crippen LogP contribution in [-0.2, 0) is 19.6 Å². The molecule has 90 valence electrons. The molecule has 0 aromatic rings. The van der Waals surface area contributed by atoms with Gasteiger partial charge in [0.1, 0.15) is 0 Å². The molecule has 0 saturated carbocycles. The lowest BCUT2D eigenvalue weighted by Gasteiger charge is -2.11. The molecular formula is C6H9BrF2O5S. The van der Waals surface area contributed by atoms with Crippen LogP contribution >= 0.6 is 15.9 Å². The monoisotopic (exact) mass is 310 g/mol. The molecule has 0 aliphatic heterocycles. The number of ether oxygens (including phenoxy) is 1. The highest BCUT2D eigenvalue weighted by Gasteiger charge is 2.54. The molecule has 0 amide bonds. The Labute approximate surface area is 93.7 Å². The third-order valence-electron chi connectivity index (χ3n) is 1.32. The number of carbonyl (C=O) groups is 1. The van der Waals surface area contributed by atoms with E-state index in [2.05, 4.69) is 20.7 Å². The summed E-state index contributed by atoms with van der Waals surface area (Å²) in [6.07, 6.45) is 0.906. The topological polar surface area (TPSA) is 80.7 Å². The Morgan fingerprint density at radius 1 is 1.40 bits per heavy atom. The van der Waals surface area contributed by atoms with Gasteiger partial charge < -0.3 is 4.74 Å². The normalized spacial score (nSPS) is 12.5. The Morgan fingerprint density at radius 3 is 2.33 bits per heavy atom. The number of halogens is 3. The third kappa shape index (κ3) is 4.39. The van der Waals surface area contributed by atoms with Crippen molar-refractivity contribution in [3.63, 3.8) is 0 Å². The van der Waals surface area contributed by atoms with Crippen LogP contribution in [0.25, 0.3) is 0 Å². The Bertz CT molecular complexity index is 315. The lowest BCUT2D eigenvalue weighted by atomic mass is 10.4. The van der Waals surface area contributed by atoms with E-state index in [0.717, 1.165) is 0 Å². The molecule has 0 fully saturated rings. The van der Waals surface area contributed by atoms with Crippen LogP contribution in [0.4, 0.5) is 8.78 Å². The first-order valence-corrected chi connectivity index (χ1v) is 6.37. The maximum absolute atomic E-state index is 12.5. The van der Waals surface area contributed by atoms with Crippen LogP contribution in [0.1, 0.15) is 12.8 Å². The van der Waals surface area contributed by atoms with Crippen LogP contribution in [0.2, 0.25) is 0 Å². The second kappa shape index (κ2) is 5.71. The number of hydrogen-bond donors (Lipinski definition) is 1. The van der Waals surface area contributed by atoms with E-state index in [0.29, 0.717) is 18.2 Å². The van der Waals surface area contributed by atoms with Crippen LogP contribution in [-0.4, -0.2) is 36.1 Å². The lowest BCUT2D eigenvalue weighted by molar-refractivity contribution is -0.161. The zero-order chi connectivity index (χ0) is 12.1. The van der Waals surface area contributed by atoms with Crippen LogP contribution in [0.5, 0.6) is 0 Å². The summed E-state index contributed by atoms with van der Waals surface area (Å²) in [5, 5.41) is -4.29. The van der Waals surface area contributed by atoms with E-state index in [1.54, 1.807) is 0 Å². The molecule has 15 heavy (non-hydrogen) atoms. The first-order valence-electron chi connectivity index (χ1n) is 3.81. The van der Waals surface area contributed by atoms with E-state index in [1.807, 2.05) is 0 Å². The fourth-order valence-electron chi connectivity index (χ4n) is 0.551. The van der Waals surface area contributed by atoms with Crippen molar-refractivity contribution in [2.75, 3.05) is 11.9 Å². The molecule has 0 saturated heterocycles. The summed E-state index contributed by atoms with van der Waals surface area (Å²) in [4.78, 5) is 10.6. The first kappa shape index (κ1) is 14.7. The van der Waals surface area contributed by atoms with E-state index in [9.17, 15) is 22.0 Å². The summed E-state index contributed by atoms with van der Waals surface area (Å²) < 4.78 is 57.2. The van der Waals surface area contributed by atoms with E-state index in [4.69, 9.17) is 4.55 Å². The van der Waals surface area contributed by atoms with E-state index < -0.39 is 21.3 Å². The summed E-state index contributed by atoms with van der Waals surface area (Å²) in [5.41, 5.74) is 0. The first-order chi connectivity index (χ1) is 6.73. The minimum atomic E-state index is -5.76. The molecule has 1 N–H and O–H groups in total. The SMILES string of the molecule is O=C(OCCCCBr)C(F)(F)S(=O)(=O)O.